The quantitative estimate of drug-likeness (QED) is 0.398. The lowest BCUT2D eigenvalue weighted by molar-refractivity contribution is 0.110. The maximum atomic E-state index is 8.42. The van der Waals surface area contributed by atoms with Gasteiger partial charge in [-0.25, -0.2) is 0 Å². The highest BCUT2D eigenvalue weighted by Crippen LogP contribution is 1.81. The molecule has 0 fully saturated rings. The van der Waals surface area contributed by atoms with Crippen LogP contribution in [0.2, 0.25) is 6.32 Å². The molecule has 2 nitrogen and oxygen atoms in total. The van der Waals surface area contributed by atoms with E-state index < -0.39 is 6.10 Å². The number of hydrogen-bond acceptors (Lipinski definition) is 2. The van der Waals surface area contributed by atoms with Gasteiger partial charge in [-0.05, 0) is 0 Å². The van der Waals surface area contributed by atoms with Gasteiger partial charge in [-0.3, -0.25) is 0 Å². The standard InChI is InChI=1S/C3H9BO2/c4-1-3(6)2-5/h3,5-6H,1-2,4H2. The summed E-state index contributed by atoms with van der Waals surface area (Å²) in [5.74, 6) is 0. The molecule has 0 amide bonds. The van der Waals surface area contributed by atoms with Gasteiger partial charge in [0.25, 0.3) is 0 Å². The highest BCUT2D eigenvalue weighted by atomic mass is 16.3. The summed E-state index contributed by atoms with van der Waals surface area (Å²) in [4.78, 5) is 0. The second-order valence-corrected chi connectivity index (χ2v) is 1.24. The Morgan fingerprint density at radius 3 is 2.17 bits per heavy atom. The Morgan fingerprint density at radius 1 is 1.67 bits per heavy atom. The molecule has 0 aliphatic heterocycles. The minimum Gasteiger partial charge on any atom is -0.394 e. The molecule has 0 bridgehead atoms. The fourth-order valence-electron chi connectivity index (χ4n) is 0.129. The van der Waals surface area contributed by atoms with E-state index in [1.165, 1.54) is 0 Å². The third-order valence-electron chi connectivity index (χ3n) is 0.682. The molecule has 36 valence electrons. The molecule has 0 saturated heterocycles. The first-order valence-corrected chi connectivity index (χ1v) is 2.10. The van der Waals surface area contributed by atoms with Crippen molar-refractivity contribution in [1.29, 1.82) is 0 Å². The van der Waals surface area contributed by atoms with Crippen molar-refractivity contribution in [3.8, 4) is 0 Å². The van der Waals surface area contributed by atoms with Gasteiger partial charge in [-0.1, -0.05) is 6.32 Å². The topological polar surface area (TPSA) is 40.5 Å². The van der Waals surface area contributed by atoms with E-state index in [-0.39, 0.29) is 6.61 Å². The predicted octanol–water partition coefficient (Wildman–Crippen LogP) is -1.61. The van der Waals surface area contributed by atoms with Crippen molar-refractivity contribution < 1.29 is 10.2 Å². The minimum absolute atomic E-state index is 0.115. The Hall–Kier alpha value is -0.0151. The lowest BCUT2D eigenvalue weighted by Crippen LogP contribution is -2.09. The molecule has 0 radical (unpaired) electrons. The molecule has 0 rings (SSSR count). The molecule has 0 heterocycles. The molecule has 0 saturated carbocycles. The Bertz CT molecular complexity index is 28.0. The molecule has 3 heteroatoms. The van der Waals surface area contributed by atoms with Crippen molar-refractivity contribution in [2.24, 2.45) is 0 Å². The molecule has 0 aliphatic rings. The molecule has 1 atom stereocenters. The molecular formula is C3H9BO2. The highest BCUT2D eigenvalue weighted by molar-refractivity contribution is 6.08. The summed E-state index contributed by atoms with van der Waals surface area (Å²) >= 11 is 0. The van der Waals surface area contributed by atoms with Crippen LogP contribution in [0, 0.1) is 0 Å². The van der Waals surface area contributed by atoms with Gasteiger partial charge in [0.15, 0.2) is 0 Å². The first-order valence-electron chi connectivity index (χ1n) is 2.10. The van der Waals surface area contributed by atoms with Crippen LogP contribution < -0.4 is 0 Å². The zero-order valence-electron chi connectivity index (χ0n) is 3.89. The van der Waals surface area contributed by atoms with Crippen LogP contribution in [-0.4, -0.2) is 30.8 Å². The number of rotatable bonds is 2. The van der Waals surface area contributed by atoms with E-state index in [1.54, 1.807) is 0 Å². The third kappa shape index (κ3) is 2.24. The van der Waals surface area contributed by atoms with Crippen LogP contribution in [-0.2, 0) is 0 Å². The van der Waals surface area contributed by atoms with Gasteiger partial charge >= 0.3 is 0 Å². The molecular weight excluding hydrogens is 78.8 g/mol. The van der Waals surface area contributed by atoms with Crippen molar-refractivity contribution in [3.63, 3.8) is 0 Å². The maximum Gasteiger partial charge on any atom is 0.104 e. The molecule has 0 aromatic carbocycles. The van der Waals surface area contributed by atoms with Gasteiger partial charge in [0.2, 0.25) is 0 Å². The molecule has 0 spiro atoms. The molecule has 2 N–H and O–H groups in total. The van der Waals surface area contributed by atoms with Crippen molar-refractivity contribution in [2.75, 3.05) is 6.61 Å². The second-order valence-electron chi connectivity index (χ2n) is 1.24. The van der Waals surface area contributed by atoms with E-state index in [2.05, 4.69) is 0 Å². The van der Waals surface area contributed by atoms with E-state index in [0.717, 1.165) is 0 Å². The van der Waals surface area contributed by atoms with Crippen LogP contribution in [0.1, 0.15) is 0 Å². The maximum absolute atomic E-state index is 8.42. The number of aliphatic hydroxyl groups is 2. The average Bonchev–Trinajstić information content (AvgIpc) is 1.65. The van der Waals surface area contributed by atoms with Crippen molar-refractivity contribution in [2.45, 2.75) is 12.4 Å². The summed E-state index contributed by atoms with van der Waals surface area (Å²) in [7, 11) is 1.82. The second kappa shape index (κ2) is 3.19. The Morgan fingerprint density at radius 2 is 2.17 bits per heavy atom. The molecule has 0 aliphatic carbocycles. The Balaban J connectivity index is 2.75. The van der Waals surface area contributed by atoms with Gasteiger partial charge in [0, 0.05) is 0 Å². The third-order valence-corrected chi connectivity index (χ3v) is 0.682. The first kappa shape index (κ1) is 5.98. The monoisotopic (exact) mass is 88.1 g/mol. The van der Waals surface area contributed by atoms with Crippen LogP contribution >= 0.6 is 0 Å². The minimum atomic E-state index is -0.509. The van der Waals surface area contributed by atoms with Crippen LogP contribution in [0.15, 0.2) is 0 Å². The molecule has 0 aromatic rings. The van der Waals surface area contributed by atoms with E-state index in [1.807, 2.05) is 7.85 Å². The zero-order chi connectivity index (χ0) is 4.99. The van der Waals surface area contributed by atoms with Crippen molar-refractivity contribution >= 4 is 7.85 Å². The van der Waals surface area contributed by atoms with Gasteiger partial charge in [-0.15, -0.1) is 0 Å². The van der Waals surface area contributed by atoms with Crippen LogP contribution in [0.5, 0.6) is 0 Å². The lowest BCUT2D eigenvalue weighted by atomic mass is 10.0. The fourth-order valence-corrected chi connectivity index (χ4v) is 0.129. The van der Waals surface area contributed by atoms with E-state index >= 15 is 0 Å². The fraction of sp³-hybridized carbons (Fsp3) is 1.00. The molecule has 1 unspecified atom stereocenters. The van der Waals surface area contributed by atoms with Crippen molar-refractivity contribution in [1.82, 2.24) is 0 Å². The van der Waals surface area contributed by atoms with E-state index in [9.17, 15) is 0 Å². The lowest BCUT2D eigenvalue weighted by Gasteiger charge is -1.97. The molecule has 0 aromatic heterocycles. The average molecular weight is 87.9 g/mol. The Labute approximate surface area is 38.2 Å². The summed E-state index contributed by atoms with van der Waals surface area (Å²) in [5, 5.41) is 16.5. The summed E-state index contributed by atoms with van der Waals surface area (Å²) in [5.41, 5.74) is 0. The summed E-state index contributed by atoms with van der Waals surface area (Å²) < 4.78 is 0. The Kier molecular flexibility index (Phi) is 3.18. The highest BCUT2D eigenvalue weighted by Gasteiger charge is 1.92. The number of hydrogen-bond donors (Lipinski definition) is 2. The van der Waals surface area contributed by atoms with Gasteiger partial charge in [0.05, 0.1) is 12.7 Å². The van der Waals surface area contributed by atoms with E-state index in [0.29, 0.717) is 6.32 Å². The first-order chi connectivity index (χ1) is 2.81. The van der Waals surface area contributed by atoms with Crippen LogP contribution in [0.25, 0.3) is 0 Å². The number of aliphatic hydroxyl groups excluding tert-OH is 2. The smallest absolute Gasteiger partial charge is 0.104 e. The van der Waals surface area contributed by atoms with Gasteiger partial charge in [0.1, 0.15) is 7.85 Å². The summed E-state index contributed by atoms with van der Waals surface area (Å²) in [6.07, 6.45) is 0.126. The van der Waals surface area contributed by atoms with Gasteiger partial charge in [-0.2, -0.15) is 0 Å². The van der Waals surface area contributed by atoms with Crippen molar-refractivity contribution in [3.05, 3.63) is 0 Å². The molecule has 6 heavy (non-hydrogen) atoms. The van der Waals surface area contributed by atoms with Crippen LogP contribution in [0.4, 0.5) is 0 Å². The summed E-state index contributed by atoms with van der Waals surface area (Å²) in [6.45, 7) is -0.115. The largest absolute Gasteiger partial charge is 0.394 e. The van der Waals surface area contributed by atoms with E-state index in [4.69, 9.17) is 10.2 Å². The van der Waals surface area contributed by atoms with Crippen LogP contribution in [0.3, 0.4) is 0 Å². The zero-order valence-corrected chi connectivity index (χ0v) is 3.89. The predicted molar refractivity (Wildman–Crippen MR) is 26.4 cm³/mol. The SMILES string of the molecule is BCC(O)CO. The normalized spacial score (nSPS) is 14.3. The van der Waals surface area contributed by atoms with Gasteiger partial charge < -0.3 is 10.2 Å². The summed E-state index contributed by atoms with van der Waals surface area (Å²) in [6, 6.07) is 0.